The Balaban J connectivity index is 2.41. The molecule has 1 aromatic carbocycles. The highest BCUT2D eigenvalue weighted by atomic mass is 16.5. The van der Waals surface area contributed by atoms with Crippen molar-refractivity contribution in [2.45, 2.75) is 26.8 Å². The smallest absolute Gasteiger partial charge is 0.271 e. The Morgan fingerprint density at radius 2 is 1.79 bits per heavy atom. The van der Waals surface area contributed by atoms with Crippen molar-refractivity contribution in [3.63, 3.8) is 0 Å². The van der Waals surface area contributed by atoms with Crippen molar-refractivity contribution in [3.8, 4) is 17.2 Å². The number of nitrogens with zero attached hydrogens (tertiary/aromatic N) is 1. The van der Waals surface area contributed by atoms with Gasteiger partial charge >= 0.3 is 0 Å². The number of hydroxylamine groups is 1. The Morgan fingerprint density at radius 1 is 1.21 bits per heavy atom. The van der Waals surface area contributed by atoms with Gasteiger partial charge in [0.25, 0.3) is 5.91 Å². The Kier molecular flexibility index (Phi) is 6.25. The quantitative estimate of drug-likeness (QED) is 0.551. The van der Waals surface area contributed by atoms with E-state index < -0.39 is 11.9 Å². The molecule has 1 aliphatic rings. The first-order valence-corrected chi connectivity index (χ1v) is 7.85. The Morgan fingerprint density at radius 3 is 2.29 bits per heavy atom. The normalized spacial score (nSPS) is 16.2. The van der Waals surface area contributed by atoms with Gasteiger partial charge in [-0.15, -0.1) is 0 Å². The van der Waals surface area contributed by atoms with Gasteiger partial charge in [0.05, 0.1) is 19.8 Å². The number of rotatable bonds is 8. The van der Waals surface area contributed by atoms with E-state index in [9.17, 15) is 4.79 Å². The molecule has 1 heterocycles. The fraction of sp³-hybridized carbons (Fsp3) is 0.500. The lowest BCUT2D eigenvalue weighted by Gasteiger charge is -2.17. The number of carbonyl (C=O) groups excluding carboxylic acids is 1. The van der Waals surface area contributed by atoms with Crippen molar-refractivity contribution in [1.29, 1.82) is 0 Å². The zero-order valence-corrected chi connectivity index (χ0v) is 14.0. The SMILES string of the molecule is CCOc1cc(C2=N[C@@H](C(=O)NO)CO2)cc(OCC)c1OCC. The topological polar surface area (TPSA) is 98.6 Å². The van der Waals surface area contributed by atoms with E-state index in [1.54, 1.807) is 17.6 Å². The Labute approximate surface area is 140 Å². The predicted octanol–water partition coefficient (Wildman–Crippen LogP) is 1.53. The monoisotopic (exact) mass is 338 g/mol. The molecule has 132 valence electrons. The van der Waals surface area contributed by atoms with Gasteiger partial charge in [0.1, 0.15) is 6.61 Å². The third kappa shape index (κ3) is 3.88. The van der Waals surface area contributed by atoms with Crippen LogP contribution >= 0.6 is 0 Å². The lowest BCUT2D eigenvalue weighted by molar-refractivity contribution is -0.130. The molecule has 0 aromatic heterocycles. The standard InChI is InChI=1S/C16H22N2O6/c1-4-21-12-7-10(8-13(22-5-2)14(12)23-6-3)16-17-11(9-24-16)15(19)18-20/h7-8,11,20H,4-6,9H2,1-3H3,(H,18,19)/t11-/m1/s1. The predicted molar refractivity (Wildman–Crippen MR) is 86.2 cm³/mol. The molecule has 0 unspecified atom stereocenters. The average Bonchev–Trinajstić information content (AvgIpc) is 3.07. The van der Waals surface area contributed by atoms with Crippen LogP contribution in [-0.2, 0) is 9.53 Å². The van der Waals surface area contributed by atoms with E-state index in [0.717, 1.165) is 0 Å². The van der Waals surface area contributed by atoms with Crippen molar-refractivity contribution in [1.82, 2.24) is 5.48 Å². The molecule has 1 aliphatic heterocycles. The van der Waals surface area contributed by atoms with Crippen LogP contribution in [0.5, 0.6) is 17.2 Å². The summed E-state index contributed by atoms with van der Waals surface area (Å²) in [5.41, 5.74) is 2.18. The molecule has 0 radical (unpaired) electrons. The molecule has 8 nitrogen and oxygen atoms in total. The van der Waals surface area contributed by atoms with Crippen LogP contribution in [0, 0.1) is 0 Å². The number of hydrogen-bond donors (Lipinski definition) is 2. The molecule has 2 N–H and O–H groups in total. The number of benzene rings is 1. The van der Waals surface area contributed by atoms with Crippen molar-refractivity contribution in [2.75, 3.05) is 26.4 Å². The summed E-state index contributed by atoms with van der Waals surface area (Å²) in [7, 11) is 0. The van der Waals surface area contributed by atoms with Crippen molar-refractivity contribution in [2.24, 2.45) is 4.99 Å². The number of aliphatic imine (C=N–C) groups is 1. The Bertz CT molecular complexity index is 590. The van der Waals surface area contributed by atoms with Crippen LogP contribution < -0.4 is 19.7 Å². The van der Waals surface area contributed by atoms with E-state index in [2.05, 4.69) is 4.99 Å². The van der Waals surface area contributed by atoms with E-state index in [1.165, 1.54) is 0 Å². The molecule has 24 heavy (non-hydrogen) atoms. The van der Waals surface area contributed by atoms with Crippen LogP contribution in [0.3, 0.4) is 0 Å². The van der Waals surface area contributed by atoms with Gasteiger partial charge in [0, 0.05) is 5.56 Å². The molecular formula is C16H22N2O6. The average molecular weight is 338 g/mol. The van der Waals surface area contributed by atoms with Gasteiger partial charge in [-0.2, -0.15) is 0 Å². The van der Waals surface area contributed by atoms with Crippen LogP contribution in [0.15, 0.2) is 17.1 Å². The second-order valence-corrected chi connectivity index (χ2v) is 4.84. The molecule has 0 saturated carbocycles. The summed E-state index contributed by atoms with van der Waals surface area (Å²) in [6.07, 6.45) is 0. The third-order valence-electron chi connectivity index (χ3n) is 3.22. The molecule has 1 aromatic rings. The molecular weight excluding hydrogens is 316 g/mol. The van der Waals surface area contributed by atoms with E-state index in [0.29, 0.717) is 42.6 Å². The summed E-state index contributed by atoms with van der Waals surface area (Å²) in [6, 6.07) is 2.67. The van der Waals surface area contributed by atoms with Crippen LogP contribution in [0.25, 0.3) is 0 Å². The summed E-state index contributed by atoms with van der Waals surface area (Å²) in [4.78, 5) is 15.6. The number of ether oxygens (including phenoxy) is 4. The summed E-state index contributed by atoms with van der Waals surface area (Å²) in [5, 5.41) is 8.69. The molecule has 0 bridgehead atoms. The lowest BCUT2D eigenvalue weighted by atomic mass is 10.1. The highest BCUT2D eigenvalue weighted by Crippen LogP contribution is 2.39. The zero-order valence-electron chi connectivity index (χ0n) is 14.0. The molecule has 2 rings (SSSR count). The molecule has 8 heteroatoms. The Hall–Kier alpha value is -2.48. The summed E-state index contributed by atoms with van der Waals surface area (Å²) >= 11 is 0. The first-order chi connectivity index (χ1) is 11.6. The van der Waals surface area contributed by atoms with E-state index in [-0.39, 0.29) is 12.5 Å². The van der Waals surface area contributed by atoms with E-state index >= 15 is 0 Å². The fourth-order valence-electron chi connectivity index (χ4n) is 2.25. The maximum atomic E-state index is 11.5. The molecule has 0 fully saturated rings. The molecule has 1 atom stereocenters. The highest BCUT2D eigenvalue weighted by Gasteiger charge is 2.28. The molecule has 0 spiro atoms. The zero-order chi connectivity index (χ0) is 17.5. The number of nitrogens with one attached hydrogen (secondary N) is 1. The second-order valence-electron chi connectivity index (χ2n) is 4.84. The van der Waals surface area contributed by atoms with Crippen molar-refractivity contribution < 1.29 is 28.9 Å². The molecule has 0 aliphatic carbocycles. The van der Waals surface area contributed by atoms with Gasteiger partial charge in [0.2, 0.25) is 11.6 Å². The van der Waals surface area contributed by atoms with Crippen molar-refractivity contribution >= 4 is 11.8 Å². The van der Waals surface area contributed by atoms with E-state index in [1.807, 2.05) is 20.8 Å². The summed E-state index contributed by atoms with van der Waals surface area (Å²) in [6.45, 7) is 7.05. The van der Waals surface area contributed by atoms with Crippen LogP contribution in [0.2, 0.25) is 0 Å². The van der Waals surface area contributed by atoms with Gasteiger partial charge in [-0.1, -0.05) is 0 Å². The van der Waals surface area contributed by atoms with Crippen LogP contribution in [0.4, 0.5) is 0 Å². The summed E-state index contributed by atoms with van der Waals surface area (Å²) < 4.78 is 22.4. The fourth-order valence-corrected chi connectivity index (χ4v) is 2.25. The van der Waals surface area contributed by atoms with Gasteiger partial charge < -0.3 is 18.9 Å². The number of carbonyl (C=O) groups is 1. The van der Waals surface area contributed by atoms with Gasteiger partial charge in [-0.05, 0) is 32.9 Å². The third-order valence-corrected chi connectivity index (χ3v) is 3.22. The van der Waals surface area contributed by atoms with E-state index in [4.69, 9.17) is 24.2 Å². The lowest BCUT2D eigenvalue weighted by Crippen LogP contribution is -2.31. The summed E-state index contributed by atoms with van der Waals surface area (Å²) in [5.74, 6) is 1.22. The van der Waals surface area contributed by atoms with Gasteiger partial charge in [-0.25, -0.2) is 10.5 Å². The largest absolute Gasteiger partial charge is 0.490 e. The minimum absolute atomic E-state index is 0.0584. The maximum Gasteiger partial charge on any atom is 0.271 e. The van der Waals surface area contributed by atoms with Crippen LogP contribution in [-0.4, -0.2) is 49.5 Å². The highest BCUT2D eigenvalue weighted by molar-refractivity contribution is 5.99. The second kappa shape index (κ2) is 8.39. The number of amides is 1. The molecule has 1 amide bonds. The van der Waals surface area contributed by atoms with Gasteiger partial charge in [-0.3, -0.25) is 10.0 Å². The minimum atomic E-state index is -0.789. The van der Waals surface area contributed by atoms with Gasteiger partial charge in [0.15, 0.2) is 17.5 Å². The van der Waals surface area contributed by atoms with Crippen LogP contribution in [0.1, 0.15) is 26.3 Å². The van der Waals surface area contributed by atoms with Crippen molar-refractivity contribution in [3.05, 3.63) is 17.7 Å². The first kappa shape index (κ1) is 17.9. The minimum Gasteiger partial charge on any atom is -0.490 e. The maximum absolute atomic E-state index is 11.5. The first-order valence-electron chi connectivity index (χ1n) is 7.85. The number of hydrogen-bond acceptors (Lipinski definition) is 7. The molecule has 0 saturated heterocycles.